The van der Waals surface area contributed by atoms with Gasteiger partial charge in [-0.1, -0.05) is 23.2 Å². The van der Waals surface area contributed by atoms with Gasteiger partial charge < -0.3 is 15.0 Å². The molecule has 132 valence electrons. The summed E-state index contributed by atoms with van der Waals surface area (Å²) in [6, 6.07) is 3.07. The lowest BCUT2D eigenvalue weighted by molar-refractivity contribution is -0.136. The lowest BCUT2D eigenvalue weighted by Gasteiger charge is -2.34. The van der Waals surface area contributed by atoms with E-state index in [9.17, 15) is 9.59 Å². The predicted octanol–water partition coefficient (Wildman–Crippen LogP) is 1.51. The third-order valence-corrected chi connectivity index (χ3v) is 4.24. The number of methoxy groups -OCH3 is 1. The van der Waals surface area contributed by atoms with Gasteiger partial charge in [0.15, 0.2) is 5.15 Å². The third kappa shape index (κ3) is 5.59. The average molecular weight is 375 g/mol. The Hall–Kier alpha value is -1.41. The van der Waals surface area contributed by atoms with Crippen LogP contribution >= 0.6 is 23.2 Å². The number of pyridine rings is 1. The number of piperazine rings is 1. The Labute approximate surface area is 150 Å². The normalized spacial score (nSPS) is 15.4. The Bertz CT molecular complexity index is 592. The molecule has 2 amide bonds. The van der Waals surface area contributed by atoms with Crippen molar-refractivity contribution >= 4 is 40.7 Å². The lowest BCUT2D eigenvalue weighted by Crippen LogP contribution is -2.49. The molecule has 0 bridgehead atoms. The molecule has 1 aromatic heterocycles. The fourth-order valence-corrected chi connectivity index (χ4v) is 2.78. The van der Waals surface area contributed by atoms with E-state index in [2.05, 4.69) is 15.2 Å². The number of amides is 2. The fourth-order valence-electron chi connectivity index (χ4n) is 2.39. The van der Waals surface area contributed by atoms with Gasteiger partial charge in [0.1, 0.15) is 11.6 Å². The smallest absolute Gasteiger partial charge is 0.233 e. The van der Waals surface area contributed by atoms with E-state index in [1.807, 2.05) is 0 Å². The molecule has 1 aliphatic rings. The average Bonchev–Trinajstić information content (AvgIpc) is 2.56. The van der Waals surface area contributed by atoms with Crippen LogP contribution in [-0.4, -0.2) is 73.0 Å². The number of rotatable bonds is 6. The van der Waals surface area contributed by atoms with Crippen LogP contribution in [-0.2, 0) is 14.3 Å². The van der Waals surface area contributed by atoms with Crippen molar-refractivity contribution in [3.05, 3.63) is 22.4 Å². The van der Waals surface area contributed by atoms with E-state index in [0.717, 1.165) is 19.6 Å². The van der Waals surface area contributed by atoms with Gasteiger partial charge in [0.25, 0.3) is 0 Å². The maximum atomic E-state index is 12.2. The Balaban J connectivity index is 1.79. The van der Waals surface area contributed by atoms with Crippen molar-refractivity contribution < 1.29 is 14.3 Å². The molecule has 0 saturated carbocycles. The monoisotopic (exact) mass is 374 g/mol. The van der Waals surface area contributed by atoms with Crippen LogP contribution in [0.15, 0.2) is 12.1 Å². The highest BCUT2D eigenvalue weighted by Gasteiger charge is 2.22. The zero-order chi connectivity index (χ0) is 17.5. The second-order valence-electron chi connectivity index (χ2n) is 5.41. The van der Waals surface area contributed by atoms with Gasteiger partial charge >= 0.3 is 0 Å². The van der Waals surface area contributed by atoms with Gasteiger partial charge in [-0.2, -0.15) is 0 Å². The maximum Gasteiger partial charge on any atom is 0.233 e. The van der Waals surface area contributed by atoms with Crippen LogP contribution < -0.4 is 5.32 Å². The van der Waals surface area contributed by atoms with Crippen molar-refractivity contribution in [1.82, 2.24) is 14.8 Å². The third-order valence-electron chi connectivity index (χ3n) is 3.74. The molecule has 7 nitrogen and oxygen atoms in total. The highest BCUT2D eigenvalue weighted by atomic mass is 35.5. The van der Waals surface area contributed by atoms with Crippen molar-refractivity contribution in [3.63, 3.8) is 0 Å². The second kappa shape index (κ2) is 9.17. The quantitative estimate of drug-likeness (QED) is 0.603. The SMILES string of the molecule is COCCN1CCN(C(=O)CC(=O)Nc2ccc(Cl)nc2Cl)CC1. The van der Waals surface area contributed by atoms with Crippen LogP contribution in [0.2, 0.25) is 10.3 Å². The topological polar surface area (TPSA) is 74.8 Å². The number of halogens is 2. The molecular formula is C15H20Cl2N4O3. The van der Waals surface area contributed by atoms with Crippen molar-refractivity contribution in [1.29, 1.82) is 0 Å². The largest absolute Gasteiger partial charge is 0.383 e. The zero-order valence-corrected chi connectivity index (χ0v) is 14.9. The van der Waals surface area contributed by atoms with E-state index in [1.54, 1.807) is 18.1 Å². The summed E-state index contributed by atoms with van der Waals surface area (Å²) in [5, 5.41) is 2.91. The molecular weight excluding hydrogens is 355 g/mol. The van der Waals surface area contributed by atoms with Crippen LogP contribution in [0.1, 0.15) is 6.42 Å². The lowest BCUT2D eigenvalue weighted by atomic mass is 10.2. The molecule has 1 N–H and O–H groups in total. The molecule has 0 atom stereocenters. The molecule has 0 unspecified atom stereocenters. The minimum Gasteiger partial charge on any atom is -0.383 e. The number of aromatic nitrogens is 1. The highest BCUT2D eigenvalue weighted by molar-refractivity contribution is 6.34. The molecule has 1 aliphatic heterocycles. The van der Waals surface area contributed by atoms with Crippen LogP contribution in [0.3, 0.4) is 0 Å². The molecule has 0 radical (unpaired) electrons. The van der Waals surface area contributed by atoms with Crippen LogP contribution in [0.25, 0.3) is 0 Å². The zero-order valence-electron chi connectivity index (χ0n) is 13.4. The first-order valence-corrected chi connectivity index (χ1v) is 8.36. The van der Waals surface area contributed by atoms with E-state index >= 15 is 0 Å². The fraction of sp³-hybridized carbons (Fsp3) is 0.533. The van der Waals surface area contributed by atoms with Crippen molar-refractivity contribution in [2.24, 2.45) is 0 Å². The predicted molar refractivity (Wildman–Crippen MR) is 92.4 cm³/mol. The van der Waals surface area contributed by atoms with E-state index in [-0.39, 0.29) is 22.6 Å². The van der Waals surface area contributed by atoms with Crippen LogP contribution in [0.5, 0.6) is 0 Å². The second-order valence-corrected chi connectivity index (χ2v) is 6.16. The Morgan fingerprint density at radius 1 is 1.25 bits per heavy atom. The molecule has 0 spiro atoms. The summed E-state index contributed by atoms with van der Waals surface area (Å²) in [4.78, 5) is 32.0. The molecule has 1 aromatic rings. The molecule has 24 heavy (non-hydrogen) atoms. The molecule has 9 heteroatoms. The summed E-state index contributed by atoms with van der Waals surface area (Å²) < 4.78 is 5.05. The molecule has 1 saturated heterocycles. The number of ether oxygens (including phenoxy) is 1. The Kier molecular flexibility index (Phi) is 7.23. The summed E-state index contributed by atoms with van der Waals surface area (Å²) in [6.45, 7) is 4.30. The number of anilines is 1. The van der Waals surface area contributed by atoms with Gasteiger partial charge in [-0.25, -0.2) is 4.98 Å². The molecule has 0 aliphatic carbocycles. The van der Waals surface area contributed by atoms with Gasteiger partial charge in [0, 0.05) is 39.8 Å². The number of nitrogens with one attached hydrogen (secondary N) is 1. The van der Waals surface area contributed by atoms with Gasteiger partial charge in [-0.15, -0.1) is 0 Å². The van der Waals surface area contributed by atoms with Gasteiger partial charge in [-0.3, -0.25) is 14.5 Å². The van der Waals surface area contributed by atoms with E-state index in [1.165, 1.54) is 6.07 Å². The number of carbonyl (C=O) groups is 2. The minimum absolute atomic E-state index is 0.0926. The van der Waals surface area contributed by atoms with Gasteiger partial charge in [-0.05, 0) is 12.1 Å². The highest BCUT2D eigenvalue weighted by Crippen LogP contribution is 2.21. The van der Waals surface area contributed by atoms with Gasteiger partial charge in [0.2, 0.25) is 11.8 Å². The van der Waals surface area contributed by atoms with Crippen molar-refractivity contribution in [2.45, 2.75) is 6.42 Å². The summed E-state index contributed by atoms with van der Waals surface area (Å²) >= 11 is 11.6. The molecule has 2 rings (SSSR count). The summed E-state index contributed by atoms with van der Waals surface area (Å²) in [6.07, 6.45) is -0.225. The summed E-state index contributed by atoms with van der Waals surface area (Å²) in [7, 11) is 1.67. The number of hydrogen-bond donors (Lipinski definition) is 1. The van der Waals surface area contributed by atoms with E-state index in [0.29, 0.717) is 25.4 Å². The summed E-state index contributed by atoms with van der Waals surface area (Å²) in [5.74, 6) is -0.621. The van der Waals surface area contributed by atoms with Crippen LogP contribution in [0.4, 0.5) is 5.69 Å². The molecule has 0 aromatic carbocycles. The first-order chi connectivity index (χ1) is 11.5. The molecule has 1 fully saturated rings. The first-order valence-electron chi connectivity index (χ1n) is 7.60. The van der Waals surface area contributed by atoms with E-state index < -0.39 is 5.91 Å². The number of hydrogen-bond acceptors (Lipinski definition) is 5. The summed E-state index contributed by atoms with van der Waals surface area (Å²) in [5.41, 5.74) is 0.336. The molecule has 2 heterocycles. The minimum atomic E-state index is -0.423. The Morgan fingerprint density at radius 3 is 2.58 bits per heavy atom. The first kappa shape index (κ1) is 18.9. The van der Waals surface area contributed by atoms with E-state index in [4.69, 9.17) is 27.9 Å². The Morgan fingerprint density at radius 2 is 1.96 bits per heavy atom. The van der Waals surface area contributed by atoms with Gasteiger partial charge in [0.05, 0.1) is 12.3 Å². The standard InChI is InChI=1S/C15H20Cl2N4O3/c1-24-9-8-20-4-6-21(7-5-20)14(23)10-13(22)18-11-2-3-12(16)19-15(11)17/h2-3H,4-10H2,1H3,(H,18,22). The van der Waals surface area contributed by atoms with Crippen molar-refractivity contribution in [2.75, 3.05) is 51.8 Å². The maximum absolute atomic E-state index is 12.2. The van der Waals surface area contributed by atoms with Crippen molar-refractivity contribution in [3.8, 4) is 0 Å². The van der Waals surface area contributed by atoms with Crippen LogP contribution in [0, 0.1) is 0 Å². The number of carbonyl (C=O) groups excluding carboxylic acids is 2. The number of nitrogens with zero attached hydrogens (tertiary/aromatic N) is 3.